The average Bonchev–Trinajstić information content (AvgIpc) is 2.33. The second kappa shape index (κ2) is 5.55. The number of morpholine rings is 1. The lowest BCUT2D eigenvalue weighted by molar-refractivity contribution is -0.0393. The molecule has 0 saturated carbocycles. The molecule has 1 saturated heterocycles. The minimum Gasteiger partial charge on any atom is -0.374 e. The van der Waals surface area contributed by atoms with Crippen LogP contribution in [0.15, 0.2) is 24.3 Å². The zero-order valence-electron chi connectivity index (χ0n) is 9.90. The molecule has 3 N–H and O–H groups in total. The molecule has 0 aromatic heterocycles. The second-order valence-corrected chi connectivity index (χ2v) is 4.37. The van der Waals surface area contributed by atoms with E-state index < -0.39 is 0 Å². The molecule has 1 fully saturated rings. The number of hydrogen-bond acceptors (Lipinski definition) is 4. The van der Waals surface area contributed by atoms with Crippen molar-refractivity contribution in [2.45, 2.75) is 12.1 Å². The lowest BCUT2D eigenvalue weighted by Crippen LogP contribution is -2.48. The van der Waals surface area contributed by atoms with E-state index in [0.29, 0.717) is 6.61 Å². The number of ether oxygens (including phenoxy) is 1. The number of hydrogen-bond donors (Lipinski definition) is 2. The molecule has 0 bridgehead atoms. The summed E-state index contributed by atoms with van der Waals surface area (Å²) < 4.78 is 18.6. The van der Waals surface area contributed by atoms with Crippen LogP contribution in [0.3, 0.4) is 0 Å². The van der Waals surface area contributed by atoms with E-state index in [0.717, 1.165) is 18.7 Å². The number of halogens is 1. The molecule has 0 aliphatic carbocycles. The van der Waals surface area contributed by atoms with Gasteiger partial charge in [-0.2, -0.15) is 0 Å². The monoisotopic (exact) mass is 239 g/mol. The number of nitrogens with zero attached hydrogens (tertiary/aromatic N) is 1. The number of benzene rings is 1. The summed E-state index contributed by atoms with van der Waals surface area (Å²) in [7, 11) is 2.05. The Balaban J connectivity index is 2.12. The van der Waals surface area contributed by atoms with Crippen molar-refractivity contribution in [1.82, 2.24) is 10.3 Å². The highest BCUT2D eigenvalue weighted by molar-refractivity contribution is 5.21. The number of rotatable bonds is 3. The molecule has 2 rings (SSSR count). The van der Waals surface area contributed by atoms with E-state index >= 15 is 0 Å². The molecule has 1 aromatic rings. The summed E-state index contributed by atoms with van der Waals surface area (Å²) in [6.45, 7) is 2.43. The highest BCUT2D eigenvalue weighted by Gasteiger charge is 2.27. The molecule has 2 atom stereocenters. The Morgan fingerprint density at radius 2 is 2.18 bits per heavy atom. The number of nitrogens with one attached hydrogen (secondary N) is 1. The molecule has 0 spiro atoms. The Labute approximate surface area is 101 Å². The molecule has 2 unspecified atom stereocenters. The molecule has 1 aliphatic rings. The van der Waals surface area contributed by atoms with Crippen molar-refractivity contribution >= 4 is 0 Å². The third-order valence-corrected chi connectivity index (χ3v) is 3.08. The van der Waals surface area contributed by atoms with Crippen molar-refractivity contribution in [1.29, 1.82) is 0 Å². The second-order valence-electron chi connectivity index (χ2n) is 4.37. The maximum Gasteiger partial charge on any atom is 0.123 e. The van der Waals surface area contributed by atoms with Gasteiger partial charge in [-0.1, -0.05) is 12.1 Å². The van der Waals surface area contributed by atoms with Gasteiger partial charge in [0, 0.05) is 13.1 Å². The first-order chi connectivity index (χ1) is 8.20. The Hall–Kier alpha value is -1.01. The molecule has 1 aliphatic heterocycles. The third-order valence-electron chi connectivity index (χ3n) is 3.08. The van der Waals surface area contributed by atoms with E-state index in [-0.39, 0.29) is 18.0 Å². The van der Waals surface area contributed by atoms with E-state index in [1.807, 2.05) is 7.05 Å². The van der Waals surface area contributed by atoms with Crippen LogP contribution < -0.4 is 11.3 Å². The molecule has 94 valence electrons. The maximum absolute atomic E-state index is 12.9. The fraction of sp³-hybridized carbons (Fsp3) is 0.500. The predicted octanol–water partition coefficient (Wildman–Crippen LogP) is 0.661. The van der Waals surface area contributed by atoms with Crippen LogP contribution >= 0.6 is 0 Å². The summed E-state index contributed by atoms with van der Waals surface area (Å²) in [5, 5.41) is 0. The molecule has 17 heavy (non-hydrogen) atoms. The minimum absolute atomic E-state index is 0.00999. The van der Waals surface area contributed by atoms with Gasteiger partial charge in [0.1, 0.15) is 5.82 Å². The predicted molar refractivity (Wildman–Crippen MR) is 63.7 cm³/mol. The van der Waals surface area contributed by atoms with Gasteiger partial charge in [-0.25, -0.2) is 4.39 Å². The van der Waals surface area contributed by atoms with Crippen LogP contribution in [0.4, 0.5) is 4.39 Å². The zero-order valence-corrected chi connectivity index (χ0v) is 9.90. The lowest BCUT2D eigenvalue weighted by Gasteiger charge is -2.35. The Bertz CT molecular complexity index is 357. The van der Waals surface area contributed by atoms with Crippen LogP contribution in [-0.2, 0) is 4.74 Å². The Morgan fingerprint density at radius 1 is 1.47 bits per heavy atom. The summed E-state index contributed by atoms with van der Waals surface area (Å²) in [6.07, 6.45) is -0.00999. The number of likely N-dealkylation sites (N-methyl/N-ethyl adjacent to an activating group) is 1. The first-order valence-corrected chi connectivity index (χ1v) is 5.72. The highest BCUT2D eigenvalue weighted by atomic mass is 19.1. The van der Waals surface area contributed by atoms with Crippen molar-refractivity contribution in [3.05, 3.63) is 35.6 Å². The first-order valence-electron chi connectivity index (χ1n) is 5.72. The van der Waals surface area contributed by atoms with Crippen molar-refractivity contribution in [3.63, 3.8) is 0 Å². The number of nitrogens with two attached hydrogens (primary N) is 1. The summed E-state index contributed by atoms with van der Waals surface area (Å²) in [5.74, 6) is 5.33. The maximum atomic E-state index is 12.9. The SMILES string of the molecule is CN1CCOC(C(NN)c2ccc(F)cc2)C1. The normalized spacial score (nSPS) is 23.6. The summed E-state index contributed by atoms with van der Waals surface area (Å²) in [6, 6.07) is 6.23. The summed E-state index contributed by atoms with van der Waals surface area (Å²) in [4.78, 5) is 2.20. The fourth-order valence-electron chi connectivity index (χ4n) is 2.10. The highest BCUT2D eigenvalue weighted by Crippen LogP contribution is 2.21. The van der Waals surface area contributed by atoms with Gasteiger partial charge in [-0.15, -0.1) is 0 Å². The fourth-order valence-corrected chi connectivity index (χ4v) is 2.10. The quantitative estimate of drug-likeness (QED) is 0.601. The van der Waals surface area contributed by atoms with Crippen LogP contribution in [0.25, 0.3) is 0 Å². The van der Waals surface area contributed by atoms with Crippen LogP contribution in [0, 0.1) is 5.82 Å². The minimum atomic E-state index is -0.244. The van der Waals surface area contributed by atoms with Gasteiger partial charge in [0.15, 0.2) is 0 Å². The summed E-state index contributed by atoms with van der Waals surface area (Å²) >= 11 is 0. The van der Waals surface area contributed by atoms with Crippen molar-refractivity contribution in [3.8, 4) is 0 Å². The van der Waals surface area contributed by atoms with Crippen molar-refractivity contribution in [2.75, 3.05) is 26.7 Å². The summed E-state index contributed by atoms with van der Waals surface area (Å²) in [5.41, 5.74) is 3.69. The van der Waals surface area contributed by atoms with E-state index in [4.69, 9.17) is 10.6 Å². The van der Waals surface area contributed by atoms with Crippen LogP contribution in [0.2, 0.25) is 0 Å². The third kappa shape index (κ3) is 3.01. The van der Waals surface area contributed by atoms with Crippen LogP contribution in [-0.4, -0.2) is 37.7 Å². The van der Waals surface area contributed by atoms with Crippen molar-refractivity contribution < 1.29 is 9.13 Å². The van der Waals surface area contributed by atoms with E-state index in [1.54, 1.807) is 12.1 Å². The molecular formula is C12H18FN3O. The topological polar surface area (TPSA) is 50.5 Å². The van der Waals surface area contributed by atoms with Gasteiger partial charge in [-0.3, -0.25) is 11.3 Å². The average molecular weight is 239 g/mol. The lowest BCUT2D eigenvalue weighted by atomic mass is 10.0. The standard InChI is InChI=1S/C12H18FN3O/c1-16-6-7-17-11(8-16)12(15-14)9-2-4-10(13)5-3-9/h2-5,11-12,15H,6-8,14H2,1H3. The van der Waals surface area contributed by atoms with Crippen LogP contribution in [0.5, 0.6) is 0 Å². The first kappa shape index (κ1) is 12.4. The van der Waals surface area contributed by atoms with Gasteiger partial charge in [-0.05, 0) is 24.7 Å². The molecule has 5 heteroatoms. The number of hydrazine groups is 1. The van der Waals surface area contributed by atoms with E-state index in [2.05, 4.69) is 10.3 Å². The largest absolute Gasteiger partial charge is 0.374 e. The van der Waals surface area contributed by atoms with Gasteiger partial charge in [0.05, 0.1) is 18.8 Å². The smallest absolute Gasteiger partial charge is 0.123 e. The zero-order chi connectivity index (χ0) is 12.3. The molecule has 1 heterocycles. The van der Waals surface area contributed by atoms with Crippen molar-refractivity contribution in [2.24, 2.45) is 5.84 Å². The molecule has 0 amide bonds. The van der Waals surface area contributed by atoms with Gasteiger partial charge in [0.2, 0.25) is 0 Å². The molecule has 0 radical (unpaired) electrons. The van der Waals surface area contributed by atoms with Gasteiger partial charge >= 0.3 is 0 Å². The van der Waals surface area contributed by atoms with Gasteiger partial charge in [0.25, 0.3) is 0 Å². The molecule has 1 aromatic carbocycles. The van der Waals surface area contributed by atoms with E-state index in [9.17, 15) is 4.39 Å². The Kier molecular flexibility index (Phi) is 4.06. The Morgan fingerprint density at radius 3 is 2.76 bits per heavy atom. The van der Waals surface area contributed by atoms with E-state index in [1.165, 1.54) is 12.1 Å². The van der Waals surface area contributed by atoms with Crippen LogP contribution in [0.1, 0.15) is 11.6 Å². The molecular weight excluding hydrogens is 221 g/mol. The molecule has 4 nitrogen and oxygen atoms in total. The van der Waals surface area contributed by atoms with Gasteiger partial charge < -0.3 is 9.64 Å².